The van der Waals surface area contributed by atoms with Gasteiger partial charge in [-0.2, -0.15) is 4.98 Å². The molecule has 0 saturated carbocycles. The maximum Gasteiger partial charge on any atom is 0.334 e. The number of ether oxygens (including phenoxy) is 1. The summed E-state index contributed by atoms with van der Waals surface area (Å²) in [6.45, 7) is 0.391. The Labute approximate surface area is 174 Å². The second-order valence-electron chi connectivity index (χ2n) is 6.65. The summed E-state index contributed by atoms with van der Waals surface area (Å²) in [5, 5.41) is 3.05. The lowest BCUT2D eigenvalue weighted by atomic mass is 10.1. The Bertz CT molecular complexity index is 1380. The molecule has 158 valence electrons. The number of nitrogens with one attached hydrogen (secondary N) is 2. The van der Waals surface area contributed by atoms with Crippen molar-refractivity contribution in [2.24, 2.45) is 0 Å². The van der Waals surface area contributed by atoms with Crippen LogP contribution in [0.4, 0.5) is 14.7 Å². The number of rotatable bonds is 6. The van der Waals surface area contributed by atoms with Gasteiger partial charge in [0.05, 0.1) is 12.8 Å². The number of halogens is 2. The minimum absolute atomic E-state index is 0.0515. The van der Waals surface area contributed by atoms with E-state index in [0.29, 0.717) is 13.0 Å². The van der Waals surface area contributed by atoms with E-state index in [1.807, 2.05) is 0 Å². The molecule has 0 bridgehead atoms. The molecule has 31 heavy (non-hydrogen) atoms. The number of nitrogens with zero attached hydrogens (tertiary/aromatic N) is 3. The number of benzene rings is 2. The molecule has 0 spiro atoms. The van der Waals surface area contributed by atoms with E-state index in [1.165, 1.54) is 37.6 Å². The molecule has 4 aromatic rings. The first kappa shape index (κ1) is 20.2. The lowest BCUT2D eigenvalue weighted by Crippen LogP contribution is -2.34. The van der Waals surface area contributed by atoms with Gasteiger partial charge >= 0.3 is 5.69 Å². The summed E-state index contributed by atoms with van der Waals surface area (Å²) in [6, 6.07) is 9.83. The van der Waals surface area contributed by atoms with Gasteiger partial charge in [-0.05, 0) is 42.3 Å². The van der Waals surface area contributed by atoms with Crippen LogP contribution in [0.5, 0.6) is 5.75 Å². The van der Waals surface area contributed by atoms with Gasteiger partial charge in [0.2, 0.25) is 5.95 Å². The molecule has 0 aliphatic rings. The van der Waals surface area contributed by atoms with Gasteiger partial charge in [-0.25, -0.2) is 23.1 Å². The van der Waals surface area contributed by atoms with Crippen molar-refractivity contribution in [3.8, 4) is 11.4 Å². The first-order chi connectivity index (χ1) is 15.0. The second kappa shape index (κ2) is 8.34. The first-order valence-corrected chi connectivity index (χ1v) is 9.30. The van der Waals surface area contributed by atoms with E-state index in [-0.39, 0.29) is 28.4 Å². The lowest BCUT2D eigenvalue weighted by molar-refractivity contribution is 0.386. The first-order valence-electron chi connectivity index (χ1n) is 9.30. The maximum atomic E-state index is 13.8. The summed E-state index contributed by atoms with van der Waals surface area (Å²) in [5.74, 6) is -0.659. The minimum atomic E-state index is -0.749. The molecule has 0 aliphatic carbocycles. The molecule has 0 saturated heterocycles. The predicted octanol–water partition coefficient (Wildman–Crippen LogP) is 2.41. The number of fused-ring (bicyclic) bond motifs is 1. The maximum absolute atomic E-state index is 13.8. The topological polar surface area (TPSA) is 102 Å². The Kier molecular flexibility index (Phi) is 5.44. The SMILES string of the molecule is COc1ccc(CCNc2ncc3c(=O)n(-c4cccc(F)c4)c(=O)[nH]c3n2)cc1F. The summed E-state index contributed by atoms with van der Waals surface area (Å²) in [6.07, 6.45) is 1.77. The molecule has 0 radical (unpaired) electrons. The van der Waals surface area contributed by atoms with E-state index in [9.17, 15) is 18.4 Å². The Morgan fingerprint density at radius 2 is 2.00 bits per heavy atom. The standard InChI is InChI=1S/C21H17F2N5O3/c1-31-17-6-5-12(9-16(17)23)7-8-24-20-25-11-15-18(26-20)27-21(30)28(19(15)29)14-4-2-3-13(22)10-14/h2-6,9-11H,7-8H2,1H3,(H2,24,25,26,27,30). The Morgan fingerprint density at radius 3 is 2.74 bits per heavy atom. The largest absolute Gasteiger partial charge is 0.494 e. The van der Waals surface area contributed by atoms with Gasteiger partial charge in [0.15, 0.2) is 17.2 Å². The Balaban J connectivity index is 1.56. The number of aromatic amines is 1. The molecule has 8 nitrogen and oxygen atoms in total. The number of hydrogen-bond acceptors (Lipinski definition) is 6. The third-order valence-corrected chi connectivity index (χ3v) is 4.63. The summed E-state index contributed by atoms with van der Waals surface area (Å²) in [7, 11) is 1.40. The fourth-order valence-corrected chi connectivity index (χ4v) is 3.12. The summed E-state index contributed by atoms with van der Waals surface area (Å²) in [5.41, 5.74) is -0.512. The summed E-state index contributed by atoms with van der Waals surface area (Å²) >= 11 is 0. The highest BCUT2D eigenvalue weighted by Gasteiger charge is 2.12. The normalized spacial score (nSPS) is 10.9. The van der Waals surface area contributed by atoms with Crippen molar-refractivity contribution < 1.29 is 13.5 Å². The van der Waals surface area contributed by atoms with Crippen LogP contribution < -0.4 is 21.3 Å². The number of aromatic nitrogens is 4. The van der Waals surface area contributed by atoms with Crippen LogP contribution in [-0.4, -0.2) is 33.2 Å². The van der Waals surface area contributed by atoms with E-state index < -0.39 is 22.9 Å². The Hall–Kier alpha value is -4.08. The van der Waals surface area contributed by atoms with E-state index in [1.54, 1.807) is 12.1 Å². The second-order valence-corrected chi connectivity index (χ2v) is 6.65. The molecule has 0 unspecified atom stereocenters. The molecule has 0 aliphatic heterocycles. The molecule has 2 aromatic heterocycles. The Morgan fingerprint density at radius 1 is 1.16 bits per heavy atom. The van der Waals surface area contributed by atoms with Crippen molar-refractivity contribution in [2.45, 2.75) is 6.42 Å². The van der Waals surface area contributed by atoms with Crippen LogP contribution >= 0.6 is 0 Å². The van der Waals surface area contributed by atoms with Crippen LogP contribution in [0, 0.1) is 11.6 Å². The fraction of sp³-hybridized carbons (Fsp3) is 0.143. The van der Waals surface area contributed by atoms with Gasteiger partial charge in [0.25, 0.3) is 5.56 Å². The van der Waals surface area contributed by atoms with Gasteiger partial charge in [0, 0.05) is 12.7 Å². The van der Waals surface area contributed by atoms with E-state index in [2.05, 4.69) is 20.3 Å². The van der Waals surface area contributed by atoms with Crippen molar-refractivity contribution in [3.63, 3.8) is 0 Å². The van der Waals surface area contributed by atoms with Crippen molar-refractivity contribution in [2.75, 3.05) is 19.0 Å². The molecule has 0 atom stereocenters. The van der Waals surface area contributed by atoms with Crippen molar-refractivity contribution >= 4 is 17.0 Å². The molecule has 0 amide bonds. The van der Waals surface area contributed by atoms with Crippen LogP contribution in [0.2, 0.25) is 0 Å². The fourth-order valence-electron chi connectivity index (χ4n) is 3.12. The van der Waals surface area contributed by atoms with Crippen LogP contribution in [0.15, 0.2) is 58.3 Å². The smallest absolute Gasteiger partial charge is 0.334 e. The number of anilines is 1. The molecule has 4 rings (SSSR count). The summed E-state index contributed by atoms with van der Waals surface area (Å²) in [4.78, 5) is 35.9. The van der Waals surface area contributed by atoms with Gasteiger partial charge in [-0.1, -0.05) is 12.1 Å². The molecule has 0 fully saturated rings. The van der Waals surface area contributed by atoms with Crippen LogP contribution in [0.25, 0.3) is 16.7 Å². The highest BCUT2D eigenvalue weighted by molar-refractivity contribution is 5.73. The van der Waals surface area contributed by atoms with Crippen molar-refractivity contribution in [3.05, 3.63) is 86.7 Å². The van der Waals surface area contributed by atoms with E-state index >= 15 is 0 Å². The van der Waals surface area contributed by atoms with Gasteiger partial charge in [-0.3, -0.25) is 9.78 Å². The average Bonchev–Trinajstić information content (AvgIpc) is 2.74. The van der Waals surface area contributed by atoms with Gasteiger partial charge in [-0.15, -0.1) is 0 Å². The van der Waals surface area contributed by atoms with Gasteiger partial charge < -0.3 is 10.1 Å². The average molecular weight is 425 g/mol. The number of H-pyrrole nitrogens is 1. The van der Waals surface area contributed by atoms with Crippen molar-refractivity contribution in [1.82, 2.24) is 19.5 Å². The predicted molar refractivity (Wildman–Crippen MR) is 111 cm³/mol. The zero-order valence-corrected chi connectivity index (χ0v) is 16.4. The van der Waals surface area contributed by atoms with Gasteiger partial charge in [0.1, 0.15) is 11.2 Å². The molecule has 2 aromatic carbocycles. The van der Waals surface area contributed by atoms with E-state index in [0.717, 1.165) is 16.2 Å². The van der Waals surface area contributed by atoms with Crippen LogP contribution in [0.1, 0.15) is 5.56 Å². The molecular weight excluding hydrogens is 408 g/mol. The van der Waals surface area contributed by atoms with Crippen LogP contribution in [0.3, 0.4) is 0 Å². The molecule has 2 N–H and O–H groups in total. The van der Waals surface area contributed by atoms with Crippen LogP contribution in [-0.2, 0) is 6.42 Å². The highest BCUT2D eigenvalue weighted by Crippen LogP contribution is 2.18. The minimum Gasteiger partial charge on any atom is -0.494 e. The van der Waals surface area contributed by atoms with Crippen molar-refractivity contribution in [1.29, 1.82) is 0 Å². The molecular formula is C21H17F2N5O3. The molecule has 2 heterocycles. The number of hydrogen-bond donors (Lipinski definition) is 2. The highest BCUT2D eigenvalue weighted by atomic mass is 19.1. The molecule has 10 heteroatoms. The summed E-state index contributed by atoms with van der Waals surface area (Å²) < 4.78 is 33.0. The third kappa shape index (κ3) is 4.13. The third-order valence-electron chi connectivity index (χ3n) is 4.63. The number of methoxy groups -OCH3 is 1. The zero-order valence-electron chi connectivity index (χ0n) is 16.4. The monoisotopic (exact) mass is 425 g/mol. The zero-order chi connectivity index (χ0) is 22.0. The van der Waals surface area contributed by atoms with E-state index in [4.69, 9.17) is 4.74 Å². The lowest BCUT2D eigenvalue weighted by Gasteiger charge is -2.09. The quantitative estimate of drug-likeness (QED) is 0.492.